The largest absolute Gasteiger partial charge is 0.376 e. The zero-order valence-corrected chi connectivity index (χ0v) is 12.5. The van der Waals surface area contributed by atoms with Crippen LogP contribution in [0.25, 0.3) is 5.69 Å². The molecule has 102 valence electrons. The molecule has 3 aromatic rings. The fraction of sp³-hybridized carbons (Fsp3) is 0.133. The van der Waals surface area contributed by atoms with Crippen molar-refractivity contribution < 1.29 is 0 Å². The van der Waals surface area contributed by atoms with Gasteiger partial charge in [0.2, 0.25) is 0 Å². The van der Waals surface area contributed by atoms with Gasteiger partial charge in [0.1, 0.15) is 0 Å². The summed E-state index contributed by atoms with van der Waals surface area (Å²) in [5, 5.41) is 10.6. The molecule has 1 aromatic carbocycles. The second kappa shape index (κ2) is 5.69. The number of rotatable bonds is 4. The van der Waals surface area contributed by atoms with E-state index in [0.717, 1.165) is 11.4 Å². The van der Waals surface area contributed by atoms with Crippen LogP contribution in [0.5, 0.6) is 0 Å². The average molecular weight is 304 g/mol. The zero-order valence-electron chi connectivity index (χ0n) is 11.0. The van der Waals surface area contributed by atoms with E-state index in [1.54, 1.807) is 17.5 Å². The lowest BCUT2D eigenvalue weighted by atomic mass is 10.2. The Morgan fingerprint density at radius 1 is 1.30 bits per heavy atom. The van der Waals surface area contributed by atoms with Crippen LogP contribution in [-0.4, -0.2) is 9.78 Å². The molecule has 0 bridgehead atoms. The summed E-state index contributed by atoms with van der Waals surface area (Å²) in [6.07, 6.45) is 3.69. The quantitative estimate of drug-likeness (QED) is 0.753. The first-order valence-corrected chi connectivity index (χ1v) is 7.59. The minimum Gasteiger partial charge on any atom is -0.376 e. The molecular formula is C15H14ClN3S. The van der Waals surface area contributed by atoms with Gasteiger partial charge in [0.05, 0.1) is 17.4 Å². The highest BCUT2D eigenvalue weighted by Crippen LogP contribution is 2.29. The molecule has 1 atom stereocenters. The Kier molecular flexibility index (Phi) is 3.76. The Labute approximate surface area is 126 Å². The molecule has 0 aliphatic rings. The monoisotopic (exact) mass is 303 g/mol. The number of halogens is 1. The molecule has 5 heteroatoms. The van der Waals surface area contributed by atoms with Crippen molar-refractivity contribution in [3.05, 3.63) is 64.1 Å². The van der Waals surface area contributed by atoms with E-state index in [0.29, 0.717) is 5.02 Å². The normalized spacial score (nSPS) is 12.3. The highest BCUT2D eigenvalue weighted by atomic mass is 35.5. The molecule has 3 nitrogen and oxygen atoms in total. The van der Waals surface area contributed by atoms with Crippen molar-refractivity contribution in [2.24, 2.45) is 0 Å². The van der Waals surface area contributed by atoms with Crippen molar-refractivity contribution in [3.8, 4) is 5.69 Å². The smallest absolute Gasteiger partial charge is 0.0878 e. The lowest BCUT2D eigenvalue weighted by Crippen LogP contribution is -2.08. The Morgan fingerprint density at radius 2 is 2.20 bits per heavy atom. The Balaban J connectivity index is 1.94. The molecule has 0 saturated heterocycles. The van der Waals surface area contributed by atoms with Gasteiger partial charge >= 0.3 is 0 Å². The molecule has 0 aliphatic carbocycles. The first-order chi connectivity index (χ1) is 9.74. The highest BCUT2D eigenvalue weighted by Gasteiger charge is 2.11. The number of benzene rings is 1. The van der Waals surface area contributed by atoms with Crippen molar-refractivity contribution in [1.29, 1.82) is 0 Å². The molecule has 0 fully saturated rings. The van der Waals surface area contributed by atoms with Crippen molar-refractivity contribution in [3.63, 3.8) is 0 Å². The third-order valence-electron chi connectivity index (χ3n) is 3.05. The summed E-state index contributed by atoms with van der Waals surface area (Å²) in [6, 6.07) is 12.1. The summed E-state index contributed by atoms with van der Waals surface area (Å²) in [7, 11) is 0. The predicted molar refractivity (Wildman–Crippen MR) is 84.9 cm³/mol. The minimum atomic E-state index is 0.225. The molecule has 1 unspecified atom stereocenters. The van der Waals surface area contributed by atoms with E-state index in [4.69, 9.17) is 11.6 Å². The van der Waals surface area contributed by atoms with Gasteiger partial charge < -0.3 is 5.32 Å². The topological polar surface area (TPSA) is 29.9 Å². The van der Waals surface area contributed by atoms with Gasteiger partial charge in [-0.25, -0.2) is 4.68 Å². The third kappa shape index (κ3) is 2.71. The second-order valence-corrected chi connectivity index (χ2v) is 5.91. The van der Waals surface area contributed by atoms with Crippen LogP contribution in [-0.2, 0) is 0 Å². The first kappa shape index (κ1) is 13.2. The van der Waals surface area contributed by atoms with Gasteiger partial charge in [0, 0.05) is 22.3 Å². The molecule has 0 amide bonds. The zero-order chi connectivity index (χ0) is 13.9. The van der Waals surface area contributed by atoms with Crippen molar-refractivity contribution >= 4 is 28.6 Å². The van der Waals surface area contributed by atoms with Crippen LogP contribution < -0.4 is 5.32 Å². The van der Waals surface area contributed by atoms with E-state index in [1.807, 2.05) is 35.1 Å². The number of thiophene rings is 1. The van der Waals surface area contributed by atoms with Crippen LogP contribution in [0.15, 0.2) is 54.2 Å². The highest BCUT2D eigenvalue weighted by molar-refractivity contribution is 7.10. The molecule has 3 rings (SSSR count). The minimum absolute atomic E-state index is 0.225. The Morgan fingerprint density at radius 3 is 2.90 bits per heavy atom. The van der Waals surface area contributed by atoms with Gasteiger partial charge in [-0.2, -0.15) is 5.10 Å². The fourth-order valence-electron chi connectivity index (χ4n) is 2.08. The maximum absolute atomic E-state index is 6.12. The van der Waals surface area contributed by atoms with Gasteiger partial charge in [-0.3, -0.25) is 0 Å². The predicted octanol–water partition coefficient (Wildman–Crippen LogP) is 4.76. The standard InChI is InChI=1S/C15H14ClN3S/c1-11(15-4-2-9-20-15)18-13-10-12(16)5-6-14(13)19-8-3-7-17-19/h2-11,18H,1H3. The van der Waals surface area contributed by atoms with E-state index < -0.39 is 0 Å². The van der Waals surface area contributed by atoms with E-state index in [1.165, 1.54) is 4.88 Å². The number of aromatic nitrogens is 2. The van der Waals surface area contributed by atoms with Gasteiger partial charge in [-0.05, 0) is 42.6 Å². The van der Waals surface area contributed by atoms with Crippen molar-refractivity contribution in [2.75, 3.05) is 5.32 Å². The fourth-order valence-corrected chi connectivity index (χ4v) is 2.98. The lowest BCUT2D eigenvalue weighted by molar-refractivity contribution is 0.862. The molecule has 0 aliphatic heterocycles. The van der Waals surface area contributed by atoms with Crippen LogP contribution >= 0.6 is 22.9 Å². The maximum atomic E-state index is 6.12. The van der Waals surface area contributed by atoms with E-state index >= 15 is 0 Å². The van der Waals surface area contributed by atoms with Gasteiger partial charge in [-0.1, -0.05) is 17.7 Å². The van der Waals surface area contributed by atoms with E-state index in [-0.39, 0.29) is 6.04 Å². The van der Waals surface area contributed by atoms with E-state index in [9.17, 15) is 0 Å². The first-order valence-electron chi connectivity index (χ1n) is 6.33. The number of hydrogen-bond acceptors (Lipinski definition) is 3. The molecule has 0 spiro atoms. The summed E-state index contributed by atoms with van der Waals surface area (Å²) in [6.45, 7) is 2.14. The van der Waals surface area contributed by atoms with Gasteiger partial charge in [0.15, 0.2) is 0 Å². The molecule has 2 heterocycles. The summed E-state index contributed by atoms with van der Waals surface area (Å²) in [5.74, 6) is 0. The number of nitrogens with zero attached hydrogens (tertiary/aromatic N) is 2. The molecule has 2 aromatic heterocycles. The van der Waals surface area contributed by atoms with Crippen LogP contribution in [0.3, 0.4) is 0 Å². The van der Waals surface area contributed by atoms with Crippen LogP contribution in [0.2, 0.25) is 5.02 Å². The molecule has 0 saturated carbocycles. The van der Waals surface area contributed by atoms with Crippen molar-refractivity contribution in [1.82, 2.24) is 9.78 Å². The maximum Gasteiger partial charge on any atom is 0.0878 e. The summed E-state index contributed by atoms with van der Waals surface area (Å²) >= 11 is 7.86. The number of nitrogens with one attached hydrogen (secondary N) is 1. The van der Waals surface area contributed by atoms with Crippen molar-refractivity contribution in [2.45, 2.75) is 13.0 Å². The summed E-state index contributed by atoms with van der Waals surface area (Å²) in [5.41, 5.74) is 1.96. The molecular weight excluding hydrogens is 290 g/mol. The van der Waals surface area contributed by atoms with Gasteiger partial charge in [0.25, 0.3) is 0 Å². The summed E-state index contributed by atoms with van der Waals surface area (Å²) < 4.78 is 1.83. The lowest BCUT2D eigenvalue weighted by Gasteiger charge is -2.17. The second-order valence-electron chi connectivity index (χ2n) is 4.49. The summed E-state index contributed by atoms with van der Waals surface area (Å²) in [4.78, 5) is 1.29. The molecule has 20 heavy (non-hydrogen) atoms. The van der Waals surface area contributed by atoms with Gasteiger partial charge in [-0.15, -0.1) is 11.3 Å². The van der Waals surface area contributed by atoms with Crippen LogP contribution in [0, 0.1) is 0 Å². The van der Waals surface area contributed by atoms with E-state index in [2.05, 4.69) is 34.9 Å². The third-order valence-corrected chi connectivity index (χ3v) is 4.34. The average Bonchev–Trinajstić information content (AvgIpc) is 3.12. The number of anilines is 1. The van der Waals surface area contributed by atoms with Crippen LogP contribution in [0.1, 0.15) is 17.8 Å². The SMILES string of the molecule is CC(Nc1cc(Cl)ccc1-n1cccn1)c1cccs1. The Bertz CT molecular complexity index is 677. The number of hydrogen-bond donors (Lipinski definition) is 1. The van der Waals surface area contributed by atoms with Crippen LogP contribution in [0.4, 0.5) is 5.69 Å². The Hall–Kier alpha value is -1.78. The molecule has 0 radical (unpaired) electrons. The molecule has 1 N–H and O–H groups in total.